The Kier molecular flexibility index (Phi) is 8.80. The van der Waals surface area contributed by atoms with E-state index >= 15 is 0 Å². The molecular formula is C14H28O6S. The summed E-state index contributed by atoms with van der Waals surface area (Å²) in [5.74, 6) is -0.254. The molecule has 126 valence electrons. The van der Waals surface area contributed by atoms with Gasteiger partial charge in [-0.3, -0.25) is 4.79 Å². The first-order chi connectivity index (χ1) is 9.65. The van der Waals surface area contributed by atoms with Crippen LogP contribution >= 0.6 is 11.8 Å². The molecule has 0 aromatic carbocycles. The Bertz CT molecular complexity index is 319. The molecule has 0 heterocycles. The smallest absolute Gasteiger partial charge is 0.317 e. The zero-order valence-corrected chi connectivity index (χ0v) is 14.0. The largest absolute Gasteiger partial charge is 0.465 e. The average Bonchev–Trinajstić information content (AvgIpc) is 2.48. The van der Waals surface area contributed by atoms with Gasteiger partial charge in [0.25, 0.3) is 0 Å². The van der Waals surface area contributed by atoms with Gasteiger partial charge in [0.1, 0.15) is 10.9 Å². The zero-order chi connectivity index (χ0) is 16.7. The minimum atomic E-state index is -1.44. The number of carbonyl (C=O) groups excluding carboxylic acids is 1. The fraction of sp³-hybridized carbons (Fsp3) is 0.929. The second kappa shape index (κ2) is 8.95. The Hall–Kier alpha value is -0.340. The molecule has 0 aliphatic rings. The van der Waals surface area contributed by atoms with Crippen molar-refractivity contribution >= 4 is 17.7 Å². The van der Waals surface area contributed by atoms with Gasteiger partial charge in [-0.15, -0.1) is 11.8 Å². The second-order valence-corrected chi connectivity index (χ2v) is 7.43. The first kappa shape index (κ1) is 20.7. The van der Waals surface area contributed by atoms with E-state index in [9.17, 15) is 25.2 Å². The van der Waals surface area contributed by atoms with Crippen molar-refractivity contribution in [3.63, 3.8) is 0 Å². The van der Waals surface area contributed by atoms with Crippen molar-refractivity contribution in [1.82, 2.24) is 0 Å². The Morgan fingerprint density at radius 2 is 1.67 bits per heavy atom. The minimum Gasteiger partial charge on any atom is -0.465 e. The van der Waals surface area contributed by atoms with Crippen molar-refractivity contribution in [3.05, 3.63) is 0 Å². The van der Waals surface area contributed by atoms with Crippen LogP contribution in [0.3, 0.4) is 0 Å². The Morgan fingerprint density at radius 1 is 1.14 bits per heavy atom. The van der Waals surface area contributed by atoms with Gasteiger partial charge in [-0.2, -0.15) is 0 Å². The molecule has 0 aliphatic heterocycles. The third kappa shape index (κ3) is 6.12. The summed E-state index contributed by atoms with van der Waals surface area (Å²) in [6.45, 7) is 6.07. The standard InChI is InChI=1S/C14H28O6S/c1-10(2)5-20-11(18)14(4,8-17)12(19)21-9-13(3,6-15)7-16/h10,12,15-17,19H,5-9H2,1-4H3. The van der Waals surface area contributed by atoms with Crippen molar-refractivity contribution in [2.45, 2.75) is 33.1 Å². The number of carbonyl (C=O) groups is 1. The number of aliphatic hydroxyl groups excluding tert-OH is 4. The number of hydrogen-bond donors (Lipinski definition) is 4. The van der Waals surface area contributed by atoms with Crippen LogP contribution in [0.1, 0.15) is 27.7 Å². The fourth-order valence-electron chi connectivity index (χ4n) is 1.26. The number of aliphatic hydroxyl groups is 4. The van der Waals surface area contributed by atoms with Crippen molar-refractivity contribution in [1.29, 1.82) is 0 Å². The SMILES string of the molecule is CC(C)COC(=O)C(C)(CO)C(O)SCC(C)(CO)CO. The van der Waals surface area contributed by atoms with E-state index in [-0.39, 0.29) is 31.5 Å². The lowest BCUT2D eigenvalue weighted by Gasteiger charge is -2.32. The monoisotopic (exact) mass is 324 g/mol. The van der Waals surface area contributed by atoms with Gasteiger partial charge >= 0.3 is 5.97 Å². The zero-order valence-electron chi connectivity index (χ0n) is 13.2. The lowest BCUT2D eigenvalue weighted by atomic mass is 9.93. The first-order valence-electron chi connectivity index (χ1n) is 6.94. The molecule has 0 bridgehead atoms. The van der Waals surface area contributed by atoms with Crippen LogP contribution in [0.25, 0.3) is 0 Å². The van der Waals surface area contributed by atoms with Crippen LogP contribution in [0.15, 0.2) is 0 Å². The molecule has 7 heteroatoms. The predicted octanol–water partition coefficient (Wildman–Crippen LogP) is 0.227. The number of ether oxygens (including phenoxy) is 1. The molecule has 2 unspecified atom stereocenters. The highest BCUT2D eigenvalue weighted by atomic mass is 32.2. The topological polar surface area (TPSA) is 107 Å². The van der Waals surface area contributed by atoms with Gasteiger partial charge in [0.15, 0.2) is 0 Å². The van der Waals surface area contributed by atoms with Gasteiger partial charge in [0.05, 0.1) is 26.4 Å². The summed E-state index contributed by atoms with van der Waals surface area (Å²) < 4.78 is 5.09. The highest BCUT2D eigenvalue weighted by molar-refractivity contribution is 7.99. The van der Waals surface area contributed by atoms with Gasteiger partial charge in [-0.05, 0) is 12.8 Å². The van der Waals surface area contributed by atoms with E-state index in [4.69, 9.17) is 4.74 Å². The molecule has 0 spiro atoms. The van der Waals surface area contributed by atoms with E-state index < -0.39 is 28.8 Å². The van der Waals surface area contributed by atoms with Gasteiger partial charge in [-0.25, -0.2) is 0 Å². The molecule has 0 fully saturated rings. The summed E-state index contributed by atoms with van der Waals surface area (Å²) in [5.41, 5.74) is -3.39. The summed E-state index contributed by atoms with van der Waals surface area (Å²) in [6, 6.07) is 0. The van der Waals surface area contributed by atoms with Crippen LogP contribution in [0.5, 0.6) is 0 Å². The lowest BCUT2D eigenvalue weighted by Crippen LogP contribution is -2.44. The number of hydrogen-bond acceptors (Lipinski definition) is 7. The van der Waals surface area contributed by atoms with Crippen LogP contribution in [0.4, 0.5) is 0 Å². The quantitative estimate of drug-likeness (QED) is 0.336. The Balaban J connectivity index is 4.71. The van der Waals surface area contributed by atoms with E-state index in [1.807, 2.05) is 13.8 Å². The Morgan fingerprint density at radius 3 is 2.05 bits per heavy atom. The van der Waals surface area contributed by atoms with Gasteiger partial charge in [-0.1, -0.05) is 20.8 Å². The third-order valence-corrected chi connectivity index (χ3v) is 4.94. The first-order valence-corrected chi connectivity index (χ1v) is 7.99. The number of thioether (sulfide) groups is 1. The molecule has 0 saturated carbocycles. The molecule has 0 saturated heterocycles. The molecule has 4 N–H and O–H groups in total. The second-order valence-electron chi connectivity index (χ2n) is 6.36. The van der Waals surface area contributed by atoms with Crippen LogP contribution in [0.2, 0.25) is 0 Å². The van der Waals surface area contributed by atoms with Gasteiger partial charge in [0, 0.05) is 11.2 Å². The molecular weight excluding hydrogens is 296 g/mol. The molecule has 6 nitrogen and oxygen atoms in total. The van der Waals surface area contributed by atoms with Crippen molar-refractivity contribution < 1.29 is 30.0 Å². The van der Waals surface area contributed by atoms with Crippen LogP contribution in [-0.4, -0.2) is 64.0 Å². The van der Waals surface area contributed by atoms with E-state index in [0.717, 1.165) is 11.8 Å². The van der Waals surface area contributed by atoms with Crippen molar-refractivity contribution in [2.24, 2.45) is 16.7 Å². The van der Waals surface area contributed by atoms with Gasteiger partial charge in [0.2, 0.25) is 0 Å². The highest BCUT2D eigenvalue weighted by Gasteiger charge is 2.43. The van der Waals surface area contributed by atoms with E-state index in [1.54, 1.807) is 6.92 Å². The summed E-state index contributed by atoms with van der Waals surface area (Å²) in [5, 5.41) is 38.1. The highest BCUT2D eigenvalue weighted by Crippen LogP contribution is 2.34. The minimum absolute atomic E-state index is 0.161. The summed E-state index contributed by atoms with van der Waals surface area (Å²) >= 11 is 1.00. The maximum absolute atomic E-state index is 12.1. The van der Waals surface area contributed by atoms with Crippen LogP contribution in [0, 0.1) is 16.7 Å². The van der Waals surface area contributed by atoms with E-state index in [0.29, 0.717) is 0 Å². The lowest BCUT2D eigenvalue weighted by molar-refractivity contribution is -0.162. The van der Waals surface area contributed by atoms with Crippen LogP contribution < -0.4 is 0 Å². The molecule has 0 aromatic heterocycles. The summed E-state index contributed by atoms with van der Waals surface area (Å²) in [6.07, 6.45) is 0. The summed E-state index contributed by atoms with van der Waals surface area (Å²) in [7, 11) is 0. The van der Waals surface area contributed by atoms with E-state index in [2.05, 4.69) is 0 Å². The fourth-order valence-corrected chi connectivity index (χ4v) is 2.54. The van der Waals surface area contributed by atoms with Crippen molar-refractivity contribution in [3.8, 4) is 0 Å². The number of rotatable bonds is 10. The Labute approximate surface area is 130 Å². The third-order valence-electron chi connectivity index (χ3n) is 3.24. The maximum Gasteiger partial charge on any atom is 0.317 e. The summed E-state index contributed by atoms with van der Waals surface area (Å²) in [4.78, 5) is 12.1. The molecule has 0 aliphatic carbocycles. The average molecular weight is 324 g/mol. The van der Waals surface area contributed by atoms with Crippen LogP contribution in [-0.2, 0) is 9.53 Å². The molecule has 0 radical (unpaired) electrons. The molecule has 0 aromatic rings. The predicted molar refractivity (Wildman–Crippen MR) is 81.7 cm³/mol. The molecule has 2 atom stereocenters. The molecule has 0 amide bonds. The normalized spacial score (nSPS) is 16.6. The maximum atomic E-state index is 12.1. The molecule has 21 heavy (non-hydrogen) atoms. The van der Waals surface area contributed by atoms with Crippen molar-refractivity contribution in [2.75, 3.05) is 32.2 Å². The molecule has 0 rings (SSSR count). The van der Waals surface area contributed by atoms with E-state index in [1.165, 1.54) is 6.92 Å². The number of esters is 1. The van der Waals surface area contributed by atoms with Gasteiger partial charge < -0.3 is 25.2 Å².